The molecule has 0 aromatic heterocycles. The summed E-state index contributed by atoms with van der Waals surface area (Å²) in [6.07, 6.45) is 75.5. The maximum atomic E-state index is 12.5. The number of carbonyl (C=O) groups is 2. The molecule has 0 aliphatic heterocycles. The van der Waals surface area contributed by atoms with Crippen LogP contribution in [0, 0.1) is 0 Å². The second-order valence-electron chi connectivity index (χ2n) is 20.3. The molecule has 0 radical (unpaired) electrons. The van der Waals surface area contributed by atoms with Gasteiger partial charge in [-0.05, 0) is 77.0 Å². The van der Waals surface area contributed by atoms with E-state index in [0.29, 0.717) is 19.4 Å². The predicted octanol–water partition coefficient (Wildman–Crippen LogP) is 18.7. The molecule has 0 rings (SSSR count). The molecule has 6 nitrogen and oxygen atoms in total. The van der Waals surface area contributed by atoms with Crippen molar-refractivity contribution in [2.75, 3.05) is 13.2 Å². The highest BCUT2D eigenvalue weighted by atomic mass is 16.5. The van der Waals surface area contributed by atoms with E-state index >= 15 is 0 Å². The molecular weight excluding hydrogens is 851 g/mol. The summed E-state index contributed by atoms with van der Waals surface area (Å²) in [4.78, 5) is 24.5. The van der Waals surface area contributed by atoms with Crippen LogP contribution in [0.1, 0.15) is 303 Å². The van der Waals surface area contributed by atoms with Crippen LogP contribution in [-0.2, 0) is 14.3 Å². The Labute approximate surface area is 428 Å². The third-order valence-electron chi connectivity index (χ3n) is 13.5. The summed E-state index contributed by atoms with van der Waals surface area (Å²) in [5.74, 6) is -0.124. The third kappa shape index (κ3) is 54.7. The van der Waals surface area contributed by atoms with Crippen molar-refractivity contribution in [1.29, 1.82) is 0 Å². The number of aliphatic hydroxyl groups is 2. The van der Waals surface area contributed by atoms with Gasteiger partial charge in [-0.15, -0.1) is 0 Å². The summed E-state index contributed by atoms with van der Waals surface area (Å²) in [7, 11) is 0. The summed E-state index contributed by atoms with van der Waals surface area (Å²) in [5, 5.41) is 23.1. The first-order valence-corrected chi connectivity index (χ1v) is 30.1. The smallest absolute Gasteiger partial charge is 0.305 e. The minimum absolute atomic E-state index is 0.0511. The van der Waals surface area contributed by atoms with Crippen LogP contribution in [-0.4, -0.2) is 47.4 Å². The molecule has 0 fully saturated rings. The standard InChI is InChI=1S/C63H115NO5/c1-3-5-7-9-11-13-15-17-19-25-28-31-35-39-43-47-51-55-61(66)60(59-65)64-62(67)56-52-48-44-40-36-32-29-26-23-21-20-22-24-27-30-34-38-42-46-50-54-58-69-63(68)57-53-49-45-41-37-33-18-16-14-12-10-8-6-4-2/h10,12,16,18,34,38,46,50-51,55,60-61,65-66H,3-9,11,13-15,17,19-33,35-37,39-45,47-49,52-54,56-59H2,1-2H3,(H,64,67)/b12-10-,18-16-,38-34-,50-46-,55-51+. The minimum atomic E-state index is -0.849. The molecule has 2 atom stereocenters. The predicted molar refractivity (Wildman–Crippen MR) is 301 cm³/mol. The van der Waals surface area contributed by atoms with Crippen molar-refractivity contribution in [2.24, 2.45) is 0 Å². The van der Waals surface area contributed by atoms with Crippen molar-refractivity contribution in [3.63, 3.8) is 0 Å². The zero-order chi connectivity index (χ0) is 50.0. The Morgan fingerprint density at radius 3 is 1.14 bits per heavy atom. The number of rotatable bonds is 55. The maximum Gasteiger partial charge on any atom is 0.305 e. The van der Waals surface area contributed by atoms with Crippen LogP contribution in [0.25, 0.3) is 0 Å². The van der Waals surface area contributed by atoms with Crippen molar-refractivity contribution in [2.45, 2.75) is 315 Å². The molecule has 0 aromatic carbocycles. The van der Waals surface area contributed by atoms with Crippen molar-refractivity contribution in [1.82, 2.24) is 5.32 Å². The highest BCUT2D eigenvalue weighted by Gasteiger charge is 2.18. The van der Waals surface area contributed by atoms with E-state index in [1.807, 2.05) is 6.08 Å². The summed E-state index contributed by atoms with van der Waals surface area (Å²) in [6.45, 7) is 4.75. The zero-order valence-electron chi connectivity index (χ0n) is 45.8. The number of allylic oxidation sites excluding steroid dienone is 8. The van der Waals surface area contributed by atoms with E-state index in [4.69, 9.17) is 4.74 Å². The number of aliphatic hydroxyl groups excluding tert-OH is 2. The van der Waals surface area contributed by atoms with Gasteiger partial charge in [0, 0.05) is 12.8 Å². The number of unbranched alkanes of at least 4 members (excludes halogenated alkanes) is 36. The van der Waals surface area contributed by atoms with Gasteiger partial charge in [-0.1, -0.05) is 274 Å². The molecule has 0 saturated carbocycles. The largest absolute Gasteiger partial charge is 0.465 e. The van der Waals surface area contributed by atoms with Crippen LogP contribution in [0.4, 0.5) is 0 Å². The van der Waals surface area contributed by atoms with Crippen LogP contribution < -0.4 is 5.32 Å². The van der Waals surface area contributed by atoms with Gasteiger partial charge in [-0.3, -0.25) is 9.59 Å². The van der Waals surface area contributed by atoms with Crippen LogP contribution in [0.15, 0.2) is 60.8 Å². The van der Waals surface area contributed by atoms with Crippen LogP contribution >= 0.6 is 0 Å². The van der Waals surface area contributed by atoms with Gasteiger partial charge in [-0.25, -0.2) is 0 Å². The molecule has 3 N–H and O–H groups in total. The van der Waals surface area contributed by atoms with E-state index < -0.39 is 12.1 Å². The fraction of sp³-hybridized carbons (Fsp3) is 0.810. The molecular formula is C63H115NO5. The Balaban J connectivity index is 3.50. The number of hydrogen-bond acceptors (Lipinski definition) is 5. The quantitative estimate of drug-likeness (QED) is 0.0321. The lowest BCUT2D eigenvalue weighted by atomic mass is 10.0. The normalized spacial score (nSPS) is 13.0. The molecule has 0 aliphatic carbocycles. The molecule has 0 aliphatic rings. The Morgan fingerprint density at radius 2 is 0.739 bits per heavy atom. The second-order valence-corrected chi connectivity index (χ2v) is 20.3. The second kappa shape index (κ2) is 58.1. The van der Waals surface area contributed by atoms with Crippen LogP contribution in [0.3, 0.4) is 0 Å². The van der Waals surface area contributed by atoms with Gasteiger partial charge in [-0.2, -0.15) is 0 Å². The fourth-order valence-corrected chi connectivity index (χ4v) is 8.90. The lowest BCUT2D eigenvalue weighted by Gasteiger charge is -2.20. The molecule has 69 heavy (non-hydrogen) atoms. The van der Waals surface area contributed by atoms with Gasteiger partial charge in [0.15, 0.2) is 0 Å². The van der Waals surface area contributed by atoms with E-state index in [1.165, 1.54) is 212 Å². The average molecular weight is 967 g/mol. The summed E-state index contributed by atoms with van der Waals surface area (Å²) < 4.78 is 5.40. The Hall–Kier alpha value is -2.44. The SMILES string of the molecule is CCCC/C=C\C/C=C\CCCCCCCC(=O)OCC/C=C\C/C=C\CCCCCCCCCCCCCCCCC(=O)NC(CO)C(O)/C=C/CCCCCCCCCCCCCCCCC. The van der Waals surface area contributed by atoms with Gasteiger partial charge in [0.05, 0.1) is 25.4 Å². The van der Waals surface area contributed by atoms with E-state index in [9.17, 15) is 19.8 Å². The molecule has 0 saturated heterocycles. The highest BCUT2D eigenvalue weighted by molar-refractivity contribution is 5.76. The molecule has 0 spiro atoms. The van der Waals surface area contributed by atoms with Crippen molar-refractivity contribution >= 4 is 11.9 Å². The Kier molecular flexibility index (Phi) is 56.1. The molecule has 0 heterocycles. The monoisotopic (exact) mass is 966 g/mol. The van der Waals surface area contributed by atoms with Crippen molar-refractivity contribution < 1.29 is 24.5 Å². The van der Waals surface area contributed by atoms with Gasteiger partial charge in [0.25, 0.3) is 0 Å². The molecule has 402 valence electrons. The van der Waals surface area contributed by atoms with Crippen molar-refractivity contribution in [3.05, 3.63) is 60.8 Å². The maximum absolute atomic E-state index is 12.5. The topological polar surface area (TPSA) is 95.9 Å². The first-order valence-electron chi connectivity index (χ1n) is 30.1. The number of ether oxygens (including phenoxy) is 1. The summed E-state index contributed by atoms with van der Waals surface area (Å²) in [5.41, 5.74) is 0. The molecule has 0 aromatic rings. The van der Waals surface area contributed by atoms with Crippen LogP contribution in [0.5, 0.6) is 0 Å². The number of carbonyl (C=O) groups excluding carboxylic acids is 2. The number of amides is 1. The molecule has 2 unspecified atom stereocenters. The number of esters is 1. The third-order valence-corrected chi connectivity index (χ3v) is 13.5. The molecule has 6 heteroatoms. The van der Waals surface area contributed by atoms with E-state index in [0.717, 1.165) is 64.2 Å². The van der Waals surface area contributed by atoms with Crippen molar-refractivity contribution in [3.8, 4) is 0 Å². The Bertz CT molecular complexity index is 1210. The fourth-order valence-electron chi connectivity index (χ4n) is 8.90. The first-order chi connectivity index (χ1) is 34.0. The highest BCUT2D eigenvalue weighted by Crippen LogP contribution is 2.16. The summed E-state index contributed by atoms with van der Waals surface area (Å²) in [6, 6.07) is -0.633. The lowest BCUT2D eigenvalue weighted by molar-refractivity contribution is -0.143. The minimum Gasteiger partial charge on any atom is -0.465 e. The lowest BCUT2D eigenvalue weighted by Crippen LogP contribution is -2.45. The van der Waals surface area contributed by atoms with E-state index in [2.05, 4.69) is 67.8 Å². The first kappa shape index (κ1) is 66.6. The van der Waals surface area contributed by atoms with Gasteiger partial charge in [0.2, 0.25) is 5.91 Å². The number of nitrogens with one attached hydrogen (secondary N) is 1. The van der Waals surface area contributed by atoms with E-state index in [1.54, 1.807) is 6.08 Å². The van der Waals surface area contributed by atoms with E-state index in [-0.39, 0.29) is 18.5 Å². The average Bonchev–Trinajstić information content (AvgIpc) is 3.35. The molecule has 0 bridgehead atoms. The van der Waals surface area contributed by atoms with Gasteiger partial charge in [0.1, 0.15) is 0 Å². The van der Waals surface area contributed by atoms with Gasteiger partial charge >= 0.3 is 5.97 Å². The zero-order valence-corrected chi connectivity index (χ0v) is 45.8. The summed E-state index contributed by atoms with van der Waals surface area (Å²) >= 11 is 0. The van der Waals surface area contributed by atoms with Crippen LogP contribution in [0.2, 0.25) is 0 Å². The van der Waals surface area contributed by atoms with Gasteiger partial charge < -0.3 is 20.3 Å². The molecule has 1 amide bonds. The Morgan fingerprint density at radius 1 is 0.406 bits per heavy atom. The number of hydrogen-bond donors (Lipinski definition) is 3.